The number of benzene rings is 1. The van der Waals surface area contributed by atoms with Gasteiger partial charge in [0, 0.05) is 5.69 Å². The van der Waals surface area contributed by atoms with E-state index >= 15 is 0 Å². The molecule has 0 spiro atoms. The van der Waals surface area contributed by atoms with E-state index in [1.807, 2.05) is 6.07 Å². The van der Waals surface area contributed by atoms with E-state index in [1.165, 1.54) is 22.4 Å². The third kappa shape index (κ3) is 2.47. The van der Waals surface area contributed by atoms with Crippen LogP contribution in [0.15, 0.2) is 34.9 Å². The summed E-state index contributed by atoms with van der Waals surface area (Å²) in [4.78, 5) is 4.63. The van der Waals surface area contributed by atoms with Gasteiger partial charge in [-0.25, -0.2) is 4.98 Å². The average molecular weight is 331 g/mol. The zero-order valence-corrected chi connectivity index (χ0v) is 13.7. The van der Waals surface area contributed by atoms with Gasteiger partial charge in [-0.05, 0) is 72.8 Å². The van der Waals surface area contributed by atoms with E-state index in [2.05, 4.69) is 71.3 Å². The number of hydrogen-bond acceptors (Lipinski definition) is 2. The molecule has 1 saturated carbocycles. The van der Waals surface area contributed by atoms with Gasteiger partial charge in [0.2, 0.25) is 0 Å². The fourth-order valence-corrected chi connectivity index (χ4v) is 3.21. The van der Waals surface area contributed by atoms with E-state index < -0.39 is 0 Å². The first-order chi connectivity index (χ1) is 9.50. The molecule has 2 nitrogen and oxygen atoms in total. The Hall–Kier alpha value is -1.35. The highest BCUT2D eigenvalue weighted by Gasteiger charge is 2.46. The number of hydrogen-bond donors (Lipinski definition) is 1. The molecule has 0 amide bonds. The summed E-state index contributed by atoms with van der Waals surface area (Å²) in [5.41, 5.74) is 6.35. The van der Waals surface area contributed by atoms with Crippen molar-refractivity contribution in [2.24, 2.45) is 0 Å². The molecule has 1 aromatic heterocycles. The van der Waals surface area contributed by atoms with Crippen LogP contribution >= 0.6 is 15.9 Å². The molecule has 0 saturated heterocycles. The van der Waals surface area contributed by atoms with Gasteiger partial charge in [-0.2, -0.15) is 0 Å². The van der Waals surface area contributed by atoms with Gasteiger partial charge < -0.3 is 5.32 Å². The molecule has 20 heavy (non-hydrogen) atoms. The van der Waals surface area contributed by atoms with Crippen molar-refractivity contribution in [2.45, 2.75) is 39.2 Å². The van der Waals surface area contributed by atoms with E-state index in [1.54, 1.807) is 0 Å². The van der Waals surface area contributed by atoms with Gasteiger partial charge in [0.05, 0.1) is 11.2 Å². The fourth-order valence-electron chi connectivity index (χ4n) is 2.86. The van der Waals surface area contributed by atoms with Crippen molar-refractivity contribution in [3.63, 3.8) is 0 Å². The summed E-state index contributed by atoms with van der Waals surface area (Å²) < 4.78 is 0.903. The third-order valence-corrected chi connectivity index (χ3v) is 4.44. The van der Waals surface area contributed by atoms with Gasteiger partial charge in [-0.1, -0.05) is 23.8 Å². The number of rotatable bonds is 3. The van der Waals surface area contributed by atoms with Crippen LogP contribution in [0.5, 0.6) is 0 Å². The van der Waals surface area contributed by atoms with E-state index in [9.17, 15) is 0 Å². The molecule has 3 heteroatoms. The van der Waals surface area contributed by atoms with Gasteiger partial charge in [-0.3, -0.25) is 0 Å². The SMILES string of the molecule is Cc1cc(C)c(NC2(c3cccc(Br)n3)CC2)c(C)c1. The highest BCUT2D eigenvalue weighted by atomic mass is 79.9. The Morgan fingerprint density at radius 3 is 2.30 bits per heavy atom. The Balaban J connectivity index is 1.95. The van der Waals surface area contributed by atoms with Crippen molar-refractivity contribution >= 4 is 21.6 Å². The Kier molecular flexibility index (Phi) is 3.33. The lowest BCUT2D eigenvalue weighted by atomic mass is 10.0. The maximum Gasteiger partial charge on any atom is 0.106 e. The molecular formula is C17H19BrN2. The maximum atomic E-state index is 4.63. The number of halogens is 1. The Bertz CT molecular complexity index is 637. The van der Waals surface area contributed by atoms with Crippen molar-refractivity contribution in [1.82, 2.24) is 4.98 Å². The van der Waals surface area contributed by atoms with Gasteiger partial charge in [-0.15, -0.1) is 0 Å². The molecule has 1 aliphatic carbocycles. The molecule has 0 bridgehead atoms. The van der Waals surface area contributed by atoms with E-state index in [0.717, 1.165) is 23.1 Å². The predicted molar refractivity (Wildman–Crippen MR) is 87.1 cm³/mol. The molecule has 1 N–H and O–H groups in total. The Morgan fingerprint density at radius 1 is 1.10 bits per heavy atom. The molecule has 1 heterocycles. The van der Waals surface area contributed by atoms with Crippen LogP contribution < -0.4 is 5.32 Å². The van der Waals surface area contributed by atoms with Crippen molar-refractivity contribution < 1.29 is 0 Å². The van der Waals surface area contributed by atoms with Gasteiger partial charge >= 0.3 is 0 Å². The van der Waals surface area contributed by atoms with Crippen molar-refractivity contribution in [3.05, 3.63) is 57.3 Å². The highest BCUT2D eigenvalue weighted by molar-refractivity contribution is 9.10. The lowest BCUT2D eigenvalue weighted by molar-refractivity contribution is 0.763. The molecule has 0 radical (unpaired) electrons. The number of aryl methyl sites for hydroxylation is 3. The van der Waals surface area contributed by atoms with Crippen LogP contribution in [0.3, 0.4) is 0 Å². The minimum absolute atomic E-state index is 0.0224. The van der Waals surface area contributed by atoms with Gasteiger partial charge in [0.1, 0.15) is 4.60 Å². The summed E-state index contributed by atoms with van der Waals surface area (Å²) >= 11 is 3.47. The first-order valence-corrected chi connectivity index (χ1v) is 7.79. The summed E-state index contributed by atoms with van der Waals surface area (Å²) in [6, 6.07) is 10.6. The second kappa shape index (κ2) is 4.88. The zero-order chi connectivity index (χ0) is 14.3. The lowest BCUT2D eigenvalue weighted by Gasteiger charge is -2.22. The van der Waals surface area contributed by atoms with E-state index in [0.29, 0.717) is 0 Å². The maximum absolute atomic E-state index is 4.63. The summed E-state index contributed by atoms with van der Waals surface area (Å²) in [7, 11) is 0. The first-order valence-electron chi connectivity index (χ1n) is 6.99. The van der Waals surface area contributed by atoms with Crippen LogP contribution in [0.25, 0.3) is 0 Å². The van der Waals surface area contributed by atoms with Gasteiger partial charge in [0.15, 0.2) is 0 Å². The molecule has 2 aromatic rings. The number of nitrogens with zero attached hydrogens (tertiary/aromatic N) is 1. The van der Waals surface area contributed by atoms with Crippen molar-refractivity contribution in [3.8, 4) is 0 Å². The molecule has 0 aliphatic heterocycles. The average Bonchev–Trinajstić information content (AvgIpc) is 3.15. The molecule has 1 fully saturated rings. The lowest BCUT2D eigenvalue weighted by Crippen LogP contribution is -2.21. The highest BCUT2D eigenvalue weighted by Crippen LogP contribution is 2.48. The monoisotopic (exact) mass is 330 g/mol. The molecular weight excluding hydrogens is 312 g/mol. The number of anilines is 1. The molecule has 0 unspecified atom stereocenters. The second-order valence-electron chi connectivity index (χ2n) is 5.83. The quantitative estimate of drug-likeness (QED) is 0.812. The first kappa shape index (κ1) is 13.6. The standard InChI is InChI=1S/C17H19BrN2/c1-11-9-12(2)16(13(3)10-11)20-17(7-8-17)14-5-4-6-15(18)19-14/h4-6,9-10,20H,7-8H2,1-3H3. The van der Waals surface area contributed by atoms with Crippen LogP contribution in [0.2, 0.25) is 0 Å². The minimum atomic E-state index is 0.0224. The van der Waals surface area contributed by atoms with Crippen molar-refractivity contribution in [2.75, 3.05) is 5.32 Å². The summed E-state index contributed by atoms with van der Waals surface area (Å²) in [5.74, 6) is 0. The normalized spacial score (nSPS) is 16.0. The van der Waals surface area contributed by atoms with Crippen LogP contribution in [-0.4, -0.2) is 4.98 Å². The fraction of sp³-hybridized carbons (Fsp3) is 0.353. The number of aromatic nitrogens is 1. The van der Waals surface area contributed by atoms with Crippen LogP contribution in [-0.2, 0) is 5.54 Å². The smallest absolute Gasteiger partial charge is 0.106 e. The van der Waals surface area contributed by atoms with E-state index in [-0.39, 0.29) is 5.54 Å². The topological polar surface area (TPSA) is 24.9 Å². The molecule has 104 valence electrons. The second-order valence-corrected chi connectivity index (χ2v) is 6.64. The molecule has 3 rings (SSSR count). The Labute approximate surface area is 128 Å². The van der Waals surface area contributed by atoms with Crippen LogP contribution in [0, 0.1) is 20.8 Å². The number of nitrogens with one attached hydrogen (secondary N) is 1. The Morgan fingerprint density at radius 2 is 1.75 bits per heavy atom. The summed E-state index contributed by atoms with van der Waals surface area (Å²) in [6.07, 6.45) is 2.28. The minimum Gasteiger partial charge on any atom is -0.374 e. The zero-order valence-electron chi connectivity index (χ0n) is 12.1. The predicted octanol–water partition coefficient (Wildman–Crippen LogP) is 4.87. The number of pyridine rings is 1. The molecule has 1 aromatic carbocycles. The molecule has 1 aliphatic rings. The third-order valence-electron chi connectivity index (χ3n) is 4.00. The van der Waals surface area contributed by atoms with Crippen LogP contribution in [0.4, 0.5) is 5.69 Å². The van der Waals surface area contributed by atoms with Crippen molar-refractivity contribution in [1.29, 1.82) is 0 Å². The van der Waals surface area contributed by atoms with Crippen LogP contribution in [0.1, 0.15) is 35.2 Å². The summed E-state index contributed by atoms with van der Waals surface area (Å²) in [5, 5.41) is 3.75. The summed E-state index contributed by atoms with van der Waals surface area (Å²) in [6.45, 7) is 6.49. The van der Waals surface area contributed by atoms with E-state index in [4.69, 9.17) is 0 Å². The largest absolute Gasteiger partial charge is 0.374 e. The molecule has 0 atom stereocenters. The van der Waals surface area contributed by atoms with Gasteiger partial charge in [0.25, 0.3) is 0 Å².